The summed E-state index contributed by atoms with van der Waals surface area (Å²) in [5.74, 6) is 0.398. The molecule has 0 unspecified atom stereocenters. The van der Waals surface area contributed by atoms with E-state index in [4.69, 9.17) is 27.6 Å². The highest BCUT2D eigenvalue weighted by Crippen LogP contribution is 2.31. The molecule has 2 aromatic carbocycles. The lowest BCUT2D eigenvalue weighted by atomic mass is 10.2. The van der Waals surface area contributed by atoms with Gasteiger partial charge < -0.3 is 9.73 Å². The van der Waals surface area contributed by atoms with Crippen LogP contribution in [0.25, 0.3) is 11.3 Å². The smallest absolute Gasteiger partial charge is 0.271 e. The number of rotatable bonds is 5. The molecule has 0 bridgehead atoms. The quantitative estimate of drug-likeness (QED) is 0.455. The van der Waals surface area contributed by atoms with Gasteiger partial charge >= 0.3 is 0 Å². The predicted octanol–water partition coefficient (Wildman–Crippen LogP) is 4.98. The van der Waals surface area contributed by atoms with Crippen LogP contribution in [0.2, 0.25) is 10.0 Å². The van der Waals surface area contributed by atoms with Gasteiger partial charge in [-0.25, -0.2) is 5.43 Å². The van der Waals surface area contributed by atoms with Crippen LogP contribution in [0, 0.1) is 0 Å². The van der Waals surface area contributed by atoms with Crippen LogP contribution in [0.1, 0.15) is 23.0 Å². The van der Waals surface area contributed by atoms with Crippen molar-refractivity contribution in [1.29, 1.82) is 0 Å². The molecule has 0 aliphatic heterocycles. The van der Waals surface area contributed by atoms with Crippen LogP contribution in [0.4, 0.5) is 5.69 Å². The number of nitrogens with one attached hydrogen (secondary N) is 2. The minimum atomic E-state index is -0.393. The molecule has 0 fully saturated rings. The van der Waals surface area contributed by atoms with E-state index in [1.165, 1.54) is 13.1 Å². The molecule has 6 nitrogen and oxygen atoms in total. The number of benzene rings is 2. The predicted molar refractivity (Wildman–Crippen MR) is 110 cm³/mol. The number of nitrogens with zero attached hydrogens (tertiary/aromatic N) is 1. The standard InChI is InChI=1S/C20H15Cl2N3O3/c1-12(26)24-15-5-2-13(3-6-15)20(27)25-23-11-16-7-9-19(28-16)17-10-14(21)4-8-18(17)22/h2-11H,1H3,(H,24,26)(H,25,27)/b23-11-. The normalized spacial score (nSPS) is 10.8. The number of hydrogen-bond donors (Lipinski definition) is 2. The van der Waals surface area contributed by atoms with Gasteiger partial charge in [-0.05, 0) is 54.6 Å². The zero-order chi connectivity index (χ0) is 20.1. The fourth-order valence-corrected chi connectivity index (χ4v) is 2.76. The zero-order valence-electron chi connectivity index (χ0n) is 14.7. The molecule has 3 aromatic rings. The van der Waals surface area contributed by atoms with Crippen molar-refractivity contribution in [3.05, 3.63) is 76.0 Å². The van der Waals surface area contributed by atoms with Crippen LogP contribution < -0.4 is 10.7 Å². The second kappa shape index (κ2) is 8.73. The van der Waals surface area contributed by atoms with Crippen molar-refractivity contribution in [3.8, 4) is 11.3 Å². The minimum Gasteiger partial charge on any atom is -0.455 e. The number of hydrogen-bond acceptors (Lipinski definition) is 4. The van der Waals surface area contributed by atoms with E-state index < -0.39 is 5.91 Å². The SMILES string of the molecule is CC(=O)Nc1ccc(C(=O)N/N=C\c2ccc(-c3cc(Cl)ccc3Cl)o2)cc1. The molecule has 1 aromatic heterocycles. The number of carbonyl (C=O) groups is 2. The Hall–Kier alpha value is -3.09. The Labute approximate surface area is 171 Å². The van der Waals surface area contributed by atoms with E-state index in [9.17, 15) is 9.59 Å². The average molecular weight is 416 g/mol. The van der Waals surface area contributed by atoms with E-state index >= 15 is 0 Å². The molecule has 0 spiro atoms. The van der Waals surface area contributed by atoms with Crippen LogP contribution in [-0.2, 0) is 4.79 Å². The first-order chi connectivity index (χ1) is 13.4. The summed E-state index contributed by atoms with van der Waals surface area (Å²) in [4.78, 5) is 23.1. The lowest BCUT2D eigenvalue weighted by Gasteiger charge is -2.03. The molecule has 0 saturated heterocycles. The molecule has 3 rings (SSSR count). The van der Waals surface area contributed by atoms with Crippen molar-refractivity contribution < 1.29 is 14.0 Å². The molecule has 0 saturated carbocycles. The molecular weight excluding hydrogens is 401 g/mol. The topological polar surface area (TPSA) is 83.7 Å². The van der Waals surface area contributed by atoms with Gasteiger partial charge in [0, 0.05) is 28.8 Å². The number of carbonyl (C=O) groups excluding carboxylic acids is 2. The molecule has 0 aliphatic carbocycles. The van der Waals surface area contributed by atoms with Crippen LogP contribution >= 0.6 is 23.2 Å². The highest BCUT2D eigenvalue weighted by Gasteiger charge is 2.09. The number of hydrazone groups is 1. The third kappa shape index (κ3) is 5.00. The van der Waals surface area contributed by atoms with Gasteiger partial charge in [-0.1, -0.05) is 23.2 Å². The first-order valence-electron chi connectivity index (χ1n) is 8.19. The van der Waals surface area contributed by atoms with Crippen molar-refractivity contribution in [3.63, 3.8) is 0 Å². The van der Waals surface area contributed by atoms with Gasteiger partial charge in [0.25, 0.3) is 5.91 Å². The fourth-order valence-electron chi connectivity index (χ4n) is 2.38. The van der Waals surface area contributed by atoms with Crippen molar-refractivity contribution in [2.24, 2.45) is 5.10 Å². The Morgan fingerprint density at radius 3 is 2.50 bits per heavy atom. The van der Waals surface area contributed by atoms with Crippen LogP contribution in [-0.4, -0.2) is 18.0 Å². The molecular formula is C20H15Cl2N3O3. The molecule has 0 radical (unpaired) electrons. The number of furan rings is 1. The zero-order valence-corrected chi connectivity index (χ0v) is 16.2. The van der Waals surface area contributed by atoms with Crippen molar-refractivity contribution in [1.82, 2.24) is 5.43 Å². The lowest BCUT2D eigenvalue weighted by Crippen LogP contribution is -2.17. The summed E-state index contributed by atoms with van der Waals surface area (Å²) in [6, 6.07) is 15.0. The van der Waals surface area contributed by atoms with Gasteiger partial charge in [0.2, 0.25) is 5.91 Å². The van der Waals surface area contributed by atoms with E-state index in [2.05, 4.69) is 15.8 Å². The van der Waals surface area contributed by atoms with Gasteiger partial charge in [-0.2, -0.15) is 5.10 Å². The van der Waals surface area contributed by atoms with Crippen LogP contribution in [0.5, 0.6) is 0 Å². The summed E-state index contributed by atoms with van der Waals surface area (Å²) in [5, 5.41) is 7.57. The lowest BCUT2D eigenvalue weighted by molar-refractivity contribution is -0.114. The summed E-state index contributed by atoms with van der Waals surface area (Å²) < 4.78 is 5.66. The highest BCUT2D eigenvalue weighted by atomic mass is 35.5. The minimum absolute atomic E-state index is 0.182. The second-order valence-corrected chi connectivity index (χ2v) is 6.63. The number of amides is 2. The molecule has 8 heteroatoms. The number of halogens is 2. The Bertz CT molecular complexity index is 1040. The molecule has 0 atom stereocenters. The fraction of sp³-hybridized carbons (Fsp3) is 0.0500. The van der Waals surface area contributed by atoms with Crippen LogP contribution in [0.15, 0.2) is 64.1 Å². The summed E-state index contributed by atoms with van der Waals surface area (Å²) in [6.45, 7) is 1.41. The monoisotopic (exact) mass is 415 g/mol. The Morgan fingerprint density at radius 1 is 1.04 bits per heavy atom. The maximum atomic E-state index is 12.1. The first-order valence-corrected chi connectivity index (χ1v) is 8.94. The first kappa shape index (κ1) is 19.7. The van der Waals surface area contributed by atoms with Gasteiger partial charge in [-0.3, -0.25) is 9.59 Å². The van der Waals surface area contributed by atoms with Gasteiger partial charge in [-0.15, -0.1) is 0 Å². The maximum absolute atomic E-state index is 12.1. The largest absolute Gasteiger partial charge is 0.455 e. The van der Waals surface area contributed by atoms with Gasteiger partial charge in [0.15, 0.2) is 0 Å². The van der Waals surface area contributed by atoms with Gasteiger partial charge in [0.1, 0.15) is 11.5 Å². The van der Waals surface area contributed by atoms with E-state index in [1.807, 2.05) is 0 Å². The third-order valence-electron chi connectivity index (χ3n) is 3.65. The number of anilines is 1. The van der Waals surface area contributed by atoms with E-state index in [1.54, 1.807) is 54.6 Å². The molecule has 142 valence electrons. The maximum Gasteiger partial charge on any atom is 0.271 e. The van der Waals surface area contributed by atoms with Crippen LogP contribution in [0.3, 0.4) is 0 Å². The van der Waals surface area contributed by atoms with E-state index in [0.29, 0.717) is 38.4 Å². The molecule has 2 N–H and O–H groups in total. The molecule has 28 heavy (non-hydrogen) atoms. The highest BCUT2D eigenvalue weighted by molar-refractivity contribution is 6.35. The van der Waals surface area contributed by atoms with Crippen molar-refractivity contribution in [2.45, 2.75) is 6.92 Å². The second-order valence-electron chi connectivity index (χ2n) is 5.78. The molecule has 0 aliphatic rings. The van der Waals surface area contributed by atoms with E-state index in [0.717, 1.165) is 0 Å². The van der Waals surface area contributed by atoms with Gasteiger partial charge in [0.05, 0.1) is 11.2 Å². The Kier molecular flexibility index (Phi) is 6.13. The third-order valence-corrected chi connectivity index (χ3v) is 4.21. The van der Waals surface area contributed by atoms with Crippen molar-refractivity contribution in [2.75, 3.05) is 5.32 Å². The summed E-state index contributed by atoms with van der Waals surface area (Å²) in [6.07, 6.45) is 1.38. The molecule has 2 amide bonds. The Morgan fingerprint density at radius 2 is 1.79 bits per heavy atom. The summed E-state index contributed by atoms with van der Waals surface area (Å²) in [5.41, 5.74) is 4.08. The average Bonchev–Trinajstić information content (AvgIpc) is 3.12. The van der Waals surface area contributed by atoms with Crippen molar-refractivity contribution >= 4 is 46.9 Å². The Balaban J connectivity index is 1.63. The summed E-state index contributed by atoms with van der Waals surface area (Å²) >= 11 is 12.2. The molecule has 1 heterocycles. The van der Waals surface area contributed by atoms with E-state index in [-0.39, 0.29) is 5.91 Å². The summed E-state index contributed by atoms with van der Waals surface area (Å²) in [7, 11) is 0.